The molecule has 0 spiro atoms. The van der Waals surface area contributed by atoms with Crippen molar-refractivity contribution in [3.63, 3.8) is 0 Å². The van der Waals surface area contributed by atoms with Gasteiger partial charge in [-0.15, -0.1) is 0 Å². The SMILES string of the molecule is COCCC(=O)N1CCC[C@@H]1c1nc(N(C)C)ncc1-c1cccc(OC)c1. The van der Waals surface area contributed by atoms with Crippen LogP contribution in [-0.2, 0) is 9.53 Å². The monoisotopic (exact) mass is 384 g/mol. The Morgan fingerprint density at radius 2 is 2.14 bits per heavy atom. The summed E-state index contributed by atoms with van der Waals surface area (Å²) in [5.74, 6) is 1.52. The minimum Gasteiger partial charge on any atom is -0.497 e. The number of nitrogens with zero attached hydrogens (tertiary/aromatic N) is 4. The van der Waals surface area contributed by atoms with E-state index in [0.717, 1.165) is 42.0 Å². The van der Waals surface area contributed by atoms with Crippen LogP contribution in [0.3, 0.4) is 0 Å². The van der Waals surface area contributed by atoms with E-state index in [9.17, 15) is 4.79 Å². The highest BCUT2D eigenvalue weighted by atomic mass is 16.5. The Labute approximate surface area is 166 Å². The van der Waals surface area contributed by atoms with Gasteiger partial charge in [-0.1, -0.05) is 12.1 Å². The Kier molecular flexibility index (Phi) is 6.46. The Bertz CT molecular complexity index is 825. The summed E-state index contributed by atoms with van der Waals surface area (Å²) in [5.41, 5.74) is 2.80. The summed E-state index contributed by atoms with van der Waals surface area (Å²) in [6, 6.07) is 7.80. The predicted molar refractivity (Wildman–Crippen MR) is 109 cm³/mol. The van der Waals surface area contributed by atoms with Gasteiger partial charge in [-0.05, 0) is 30.5 Å². The van der Waals surface area contributed by atoms with Gasteiger partial charge in [0.15, 0.2) is 0 Å². The van der Waals surface area contributed by atoms with Crippen molar-refractivity contribution < 1.29 is 14.3 Å². The number of anilines is 1. The van der Waals surface area contributed by atoms with Crippen LogP contribution in [0.4, 0.5) is 5.95 Å². The van der Waals surface area contributed by atoms with Crippen LogP contribution in [0, 0.1) is 0 Å². The lowest BCUT2D eigenvalue weighted by molar-refractivity contribution is -0.133. The van der Waals surface area contributed by atoms with Crippen molar-refractivity contribution in [1.82, 2.24) is 14.9 Å². The van der Waals surface area contributed by atoms with Gasteiger partial charge in [0.05, 0.1) is 31.9 Å². The van der Waals surface area contributed by atoms with E-state index in [2.05, 4.69) is 4.98 Å². The fourth-order valence-corrected chi connectivity index (χ4v) is 3.55. The number of methoxy groups -OCH3 is 2. The second-order valence-electron chi connectivity index (χ2n) is 7.08. The number of ether oxygens (including phenoxy) is 2. The molecule has 0 bridgehead atoms. The first kappa shape index (κ1) is 20.1. The topological polar surface area (TPSA) is 67.8 Å². The van der Waals surface area contributed by atoms with E-state index in [-0.39, 0.29) is 11.9 Å². The maximum absolute atomic E-state index is 12.7. The zero-order chi connectivity index (χ0) is 20.1. The third kappa shape index (κ3) is 4.25. The highest BCUT2D eigenvalue weighted by Crippen LogP contribution is 2.38. The molecule has 1 aromatic heterocycles. The average Bonchev–Trinajstić information content (AvgIpc) is 3.21. The van der Waals surface area contributed by atoms with Gasteiger partial charge in [-0.25, -0.2) is 9.97 Å². The Morgan fingerprint density at radius 1 is 1.32 bits per heavy atom. The van der Waals surface area contributed by atoms with Gasteiger partial charge in [-0.3, -0.25) is 4.79 Å². The van der Waals surface area contributed by atoms with Gasteiger partial charge in [-0.2, -0.15) is 0 Å². The maximum atomic E-state index is 12.7. The molecule has 2 heterocycles. The normalized spacial score (nSPS) is 16.3. The lowest BCUT2D eigenvalue weighted by Crippen LogP contribution is -2.32. The molecule has 1 saturated heterocycles. The standard InChI is InChI=1S/C21H28N4O3/c1-24(2)21-22-14-17(15-7-5-8-16(13-15)28-4)20(23-21)18-9-6-11-25(18)19(26)10-12-27-3/h5,7-8,13-14,18H,6,9-12H2,1-4H3/t18-/m1/s1. The largest absolute Gasteiger partial charge is 0.497 e. The molecule has 1 aliphatic rings. The molecular formula is C21H28N4O3. The van der Waals surface area contributed by atoms with Gasteiger partial charge >= 0.3 is 0 Å². The number of carbonyl (C=O) groups is 1. The van der Waals surface area contributed by atoms with Crippen molar-refractivity contribution in [2.24, 2.45) is 0 Å². The highest BCUT2D eigenvalue weighted by molar-refractivity contribution is 5.78. The fraction of sp³-hybridized carbons (Fsp3) is 0.476. The second kappa shape index (κ2) is 9.01. The minimum absolute atomic E-state index is 0.0627. The number of rotatable bonds is 7. The van der Waals surface area contributed by atoms with E-state index in [1.54, 1.807) is 14.2 Å². The zero-order valence-corrected chi connectivity index (χ0v) is 17.0. The summed E-state index contributed by atoms with van der Waals surface area (Å²) in [5, 5.41) is 0. The first-order chi connectivity index (χ1) is 13.5. The summed E-state index contributed by atoms with van der Waals surface area (Å²) < 4.78 is 10.5. The molecule has 28 heavy (non-hydrogen) atoms. The van der Waals surface area contributed by atoms with Gasteiger partial charge in [0.1, 0.15) is 5.75 Å². The molecule has 1 fully saturated rings. The maximum Gasteiger partial charge on any atom is 0.225 e. The van der Waals surface area contributed by atoms with E-state index in [1.807, 2.05) is 54.4 Å². The molecule has 1 atom stereocenters. The summed E-state index contributed by atoms with van der Waals surface area (Å²) in [4.78, 5) is 25.9. The summed E-state index contributed by atoms with van der Waals surface area (Å²) in [6.07, 6.45) is 4.08. The molecule has 0 unspecified atom stereocenters. The van der Waals surface area contributed by atoms with Crippen LogP contribution >= 0.6 is 0 Å². The zero-order valence-electron chi connectivity index (χ0n) is 17.0. The van der Waals surface area contributed by atoms with Gasteiger partial charge in [0, 0.05) is 39.5 Å². The van der Waals surface area contributed by atoms with E-state index < -0.39 is 0 Å². The number of hydrogen-bond acceptors (Lipinski definition) is 6. The highest BCUT2D eigenvalue weighted by Gasteiger charge is 2.33. The molecule has 3 rings (SSSR count). The van der Waals surface area contributed by atoms with Crippen LogP contribution < -0.4 is 9.64 Å². The smallest absolute Gasteiger partial charge is 0.225 e. The first-order valence-electron chi connectivity index (χ1n) is 9.52. The van der Waals surface area contributed by atoms with E-state index in [0.29, 0.717) is 19.0 Å². The predicted octanol–water partition coefficient (Wildman–Crippen LogP) is 2.92. The quantitative estimate of drug-likeness (QED) is 0.731. The van der Waals surface area contributed by atoms with E-state index in [4.69, 9.17) is 14.5 Å². The molecule has 1 amide bonds. The molecule has 7 heteroatoms. The van der Waals surface area contributed by atoms with E-state index >= 15 is 0 Å². The first-order valence-corrected chi connectivity index (χ1v) is 9.52. The summed E-state index contributed by atoms with van der Waals surface area (Å²) in [7, 11) is 7.10. The van der Waals surface area contributed by atoms with Crippen molar-refractivity contribution in [2.45, 2.75) is 25.3 Å². The Morgan fingerprint density at radius 3 is 2.86 bits per heavy atom. The van der Waals surface area contributed by atoms with Crippen LogP contribution in [0.2, 0.25) is 0 Å². The lowest BCUT2D eigenvalue weighted by atomic mass is 9.99. The van der Waals surface area contributed by atoms with Crippen LogP contribution in [0.25, 0.3) is 11.1 Å². The molecule has 1 aliphatic heterocycles. The number of likely N-dealkylation sites (tertiary alicyclic amines) is 1. The van der Waals surface area contributed by atoms with Crippen LogP contribution in [0.5, 0.6) is 5.75 Å². The van der Waals surface area contributed by atoms with Crippen molar-refractivity contribution in [2.75, 3.05) is 46.4 Å². The second-order valence-corrected chi connectivity index (χ2v) is 7.08. The molecule has 150 valence electrons. The van der Waals surface area contributed by atoms with Crippen molar-refractivity contribution in [1.29, 1.82) is 0 Å². The van der Waals surface area contributed by atoms with Crippen molar-refractivity contribution in [3.05, 3.63) is 36.2 Å². The van der Waals surface area contributed by atoms with Crippen LogP contribution in [-0.4, -0.2) is 62.2 Å². The average molecular weight is 384 g/mol. The number of amides is 1. The Hall–Kier alpha value is -2.67. The van der Waals surface area contributed by atoms with Crippen molar-refractivity contribution >= 4 is 11.9 Å². The van der Waals surface area contributed by atoms with Crippen LogP contribution in [0.1, 0.15) is 31.0 Å². The van der Waals surface area contributed by atoms with E-state index in [1.165, 1.54) is 0 Å². The molecule has 0 saturated carbocycles. The summed E-state index contributed by atoms with van der Waals surface area (Å²) in [6.45, 7) is 1.17. The number of carbonyl (C=O) groups excluding carboxylic acids is 1. The van der Waals surface area contributed by atoms with Gasteiger partial charge < -0.3 is 19.3 Å². The third-order valence-electron chi connectivity index (χ3n) is 5.00. The van der Waals surface area contributed by atoms with Gasteiger partial charge in [0.2, 0.25) is 11.9 Å². The minimum atomic E-state index is -0.0627. The molecule has 7 nitrogen and oxygen atoms in total. The molecule has 0 aliphatic carbocycles. The summed E-state index contributed by atoms with van der Waals surface area (Å²) >= 11 is 0. The molecular weight excluding hydrogens is 356 g/mol. The third-order valence-corrected chi connectivity index (χ3v) is 5.00. The molecule has 1 aromatic carbocycles. The fourth-order valence-electron chi connectivity index (χ4n) is 3.55. The van der Waals surface area contributed by atoms with Gasteiger partial charge in [0.25, 0.3) is 0 Å². The Balaban J connectivity index is 2.04. The molecule has 0 N–H and O–H groups in total. The molecule has 0 radical (unpaired) electrons. The number of aromatic nitrogens is 2. The number of hydrogen-bond donors (Lipinski definition) is 0. The lowest BCUT2D eigenvalue weighted by Gasteiger charge is -2.27. The van der Waals surface area contributed by atoms with Crippen LogP contribution in [0.15, 0.2) is 30.5 Å². The number of benzene rings is 1. The molecule has 2 aromatic rings. The van der Waals surface area contributed by atoms with Crippen molar-refractivity contribution in [3.8, 4) is 16.9 Å².